The zero-order valence-corrected chi connectivity index (χ0v) is 8.21. The number of hydrogen-bond donors (Lipinski definition) is 1. The summed E-state index contributed by atoms with van der Waals surface area (Å²) in [6.45, 7) is 0.507. The Labute approximate surface area is 83.0 Å². The highest BCUT2D eigenvalue weighted by molar-refractivity contribution is 6.32. The molecule has 0 aliphatic heterocycles. The van der Waals surface area contributed by atoms with Crippen LogP contribution in [0.25, 0.3) is 6.08 Å². The molecule has 0 saturated heterocycles. The third-order valence-electron chi connectivity index (χ3n) is 1.64. The number of halogens is 1. The smallest absolute Gasteiger partial charge is 0.119 e. The van der Waals surface area contributed by atoms with Gasteiger partial charge in [-0.15, -0.1) is 0 Å². The number of benzene rings is 1. The first-order valence-corrected chi connectivity index (χ1v) is 4.36. The van der Waals surface area contributed by atoms with E-state index in [-0.39, 0.29) is 0 Å². The molecular formula is C10H12ClNO. The first kappa shape index (κ1) is 10.1. The van der Waals surface area contributed by atoms with E-state index < -0.39 is 0 Å². The van der Waals surface area contributed by atoms with E-state index in [9.17, 15) is 0 Å². The van der Waals surface area contributed by atoms with E-state index in [2.05, 4.69) is 0 Å². The molecule has 13 heavy (non-hydrogen) atoms. The third kappa shape index (κ3) is 2.76. The quantitative estimate of drug-likeness (QED) is 0.807. The molecule has 0 radical (unpaired) electrons. The maximum atomic E-state index is 5.94. The van der Waals surface area contributed by atoms with E-state index in [1.54, 1.807) is 13.2 Å². The fourth-order valence-corrected chi connectivity index (χ4v) is 1.15. The highest BCUT2D eigenvalue weighted by Gasteiger charge is 1.97. The lowest BCUT2D eigenvalue weighted by atomic mass is 10.2. The number of rotatable bonds is 3. The van der Waals surface area contributed by atoms with Crippen LogP contribution in [0.5, 0.6) is 5.75 Å². The number of nitrogens with two attached hydrogens (primary N) is 1. The van der Waals surface area contributed by atoms with Gasteiger partial charge in [-0.05, 0) is 23.8 Å². The van der Waals surface area contributed by atoms with Gasteiger partial charge in [-0.2, -0.15) is 0 Å². The summed E-state index contributed by atoms with van der Waals surface area (Å²) in [7, 11) is 1.62. The van der Waals surface area contributed by atoms with Crippen molar-refractivity contribution < 1.29 is 4.74 Å². The zero-order valence-electron chi connectivity index (χ0n) is 7.46. The van der Waals surface area contributed by atoms with Gasteiger partial charge in [-0.25, -0.2) is 0 Å². The van der Waals surface area contributed by atoms with Gasteiger partial charge in [-0.3, -0.25) is 0 Å². The van der Waals surface area contributed by atoms with Crippen molar-refractivity contribution >= 4 is 17.7 Å². The standard InChI is InChI=1S/C10H12ClNO/c1-13-9-4-5-10(11)8(7-9)3-2-6-12/h2-5,7H,6,12H2,1H3. The van der Waals surface area contributed by atoms with Crippen molar-refractivity contribution in [2.45, 2.75) is 0 Å². The predicted octanol–water partition coefficient (Wildman–Crippen LogP) is 2.32. The summed E-state index contributed by atoms with van der Waals surface area (Å²) >= 11 is 5.94. The Morgan fingerprint density at radius 2 is 2.31 bits per heavy atom. The largest absolute Gasteiger partial charge is 0.497 e. The minimum atomic E-state index is 0.507. The topological polar surface area (TPSA) is 35.2 Å². The molecule has 0 atom stereocenters. The SMILES string of the molecule is COc1ccc(Cl)c(C=CCN)c1. The fraction of sp³-hybridized carbons (Fsp3) is 0.200. The van der Waals surface area contributed by atoms with Gasteiger partial charge in [0.1, 0.15) is 5.75 Å². The van der Waals surface area contributed by atoms with Gasteiger partial charge in [0, 0.05) is 11.6 Å². The Morgan fingerprint density at radius 1 is 1.54 bits per heavy atom. The van der Waals surface area contributed by atoms with Crippen LogP contribution in [0.2, 0.25) is 5.02 Å². The van der Waals surface area contributed by atoms with Crippen molar-refractivity contribution in [1.82, 2.24) is 0 Å². The molecule has 0 aliphatic carbocycles. The van der Waals surface area contributed by atoms with Crippen LogP contribution in [0.4, 0.5) is 0 Å². The molecule has 0 fully saturated rings. The average Bonchev–Trinajstić information content (AvgIpc) is 2.17. The van der Waals surface area contributed by atoms with Crippen LogP contribution in [-0.2, 0) is 0 Å². The van der Waals surface area contributed by atoms with E-state index in [0.29, 0.717) is 11.6 Å². The van der Waals surface area contributed by atoms with Crippen LogP contribution in [0, 0.1) is 0 Å². The second-order valence-electron chi connectivity index (χ2n) is 2.53. The molecule has 1 aromatic carbocycles. The number of ether oxygens (including phenoxy) is 1. The number of hydrogen-bond acceptors (Lipinski definition) is 2. The Bertz CT molecular complexity index is 310. The molecule has 0 amide bonds. The van der Waals surface area contributed by atoms with E-state index in [0.717, 1.165) is 11.3 Å². The predicted molar refractivity (Wildman–Crippen MR) is 56.1 cm³/mol. The average molecular weight is 198 g/mol. The fourth-order valence-electron chi connectivity index (χ4n) is 0.972. The molecule has 70 valence electrons. The van der Waals surface area contributed by atoms with Crippen LogP contribution < -0.4 is 10.5 Å². The molecule has 1 rings (SSSR count). The van der Waals surface area contributed by atoms with Gasteiger partial charge in [-0.1, -0.05) is 23.8 Å². The Kier molecular flexibility index (Phi) is 3.80. The van der Waals surface area contributed by atoms with Crippen LogP contribution >= 0.6 is 11.6 Å². The lowest BCUT2D eigenvalue weighted by molar-refractivity contribution is 0.414. The molecule has 0 bridgehead atoms. The molecule has 2 N–H and O–H groups in total. The van der Waals surface area contributed by atoms with E-state index in [4.69, 9.17) is 22.1 Å². The van der Waals surface area contributed by atoms with Crippen LogP contribution in [0.3, 0.4) is 0 Å². The van der Waals surface area contributed by atoms with E-state index >= 15 is 0 Å². The van der Waals surface area contributed by atoms with Crippen molar-refractivity contribution in [3.05, 3.63) is 34.9 Å². The first-order chi connectivity index (χ1) is 6.27. The van der Waals surface area contributed by atoms with Gasteiger partial charge < -0.3 is 10.5 Å². The summed E-state index contributed by atoms with van der Waals surface area (Å²) in [5.74, 6) is 0.793. The molecule has 3 heteroatoms. The highest BCUT2D eigenvalue weighted by Crippen LogP contribution is 2.22. The maximum Gasteiger partial charge on any atom is 0.119 e. The molecule has 2 nitrogen and oxygen atoms in total. The minimum absolute atomic E-state index is 0.507. The zero-order chi connectivity index (χ0) is 9.68. The van der Waals surface area contributed by atoms with Crippen LogP contribution in [0.1, 0.15) is 5.56 Å². The van der Waals surface area contributed by atoms with Crippen molar-refractivity contribution in [2.75, 3.05) is 13.7 Å². The monoisotopic (exact) mass is 197 g/mol. The minimum Gasteiger partial charge on any atom is -0.497 e. The second-order valence-corrected chi connectivity index (χ2v) is 2.93. The Morgan fingerprint density at radius 3 is 2.92 bits per heavy atom. The molecule has 0 heterocycles. The Hall–Kier alpha value is -0.990. The van der Waals surface area contributed by atoms with Crippen molar-refractivity contribution in [3.63, 3.8) is 0 Å². The Balaban J connectivity index is 2.97. The van der Waals surface area contributed by atoms with Crippen molar-refractivity contribution in [3.8, 4) is 5.75 Å². The summed E-state index contributed by atoms with van der Waals surface area (Å²) in [4.78, 5) is 0. The van der Waals surface area contributed by atoms with Gasteiger partial charge in [0.15, 0.2) is 0 Å². The van der Waals surface area contributed by atoms with Gasteiger partial charge in [0.25, 0.3) is 0 Å². The van der Waals surface area contributed by atoms with E-state index in [1.165, 1.54) is 0 Å². The molecule has 1 aromatic rings. The van der Waals surface area contributed by atoms with Crippen molar-refractivity contribution in [2.24, 2.45) is 5.73 Å². The maximum absolute atomic E-state index is 5.94. The summed E-state index contributed by atoms with van der Waals surface area (Å²) in [5.41, 5.74) is 6.26. The molecule has 0 aliphatic rings. The highest BCUT2D eigenvalue weighted by atomic mass is 35.5. The second kappa shape index (κ2) is 4.90. The van der Waals surface area contributed by atoms with Crippen molar-refractivity contribution in [1.29, 1.82) is 0 Å². The van der Waals surface area contributed by atoms with Crippen LogP contribution in [0.15, 0.2) is 24.3 Å². The normalized spacial score (nSPS) is 10.7. The number of methoxy groups -OCH3 is 1. The lowest BCUT2D eigenvalue weighted by Crippen LogP contribution is -1.92. The molecule has 0 aromatic heterocycles. The molecule has 0 saturated carbocycles. The lowest BCUT2D eigenvalue weighted by Gasteiger charge is -2.02. The van der Waals surface area contributed by atoms with Gasteiger partial charge in [0.05, 0.1) is 7.11 Å². The molecule has 0 spiro atoms. The molecular weight excluding hydrogens is 186 g/mol. The summed E-state index contributed by atoms with van der Waals surface area (Å²) in [6.07, 6.45) is 3.73. The third-order valence-corrected chi connectivity index (χ3v) is 1.98. The van der Waals surface area contributed by atoms with Gasteiger partial charge in [0.2, 0.25) is 0 Å². The summed E-state index contributed by atoms with van der Waals surface area (Å²) < 4.78 is 5.07. The molecule has 0 unspecified atom stereocenters. The van der Waals surface area contributed by atoms with Gasteiger partial charge >= 0.3 is 0 Å². The first-order valence-electron chi connectivity index (χ1n) is 3.98. The van der Waals surface area contributed by atoms with Crippen LogP contribution in [-0.4, -0.2) is 13.7 Å². The summed E-state index contributed by atoms with van der Waals surface area (Å²) in [6, 6.07) is 5.49. The summed E-state index contributed by atoms with van der Waals surface area (Å²) in [5, 5.41) is 0.700. The van der Waals surface area contributed by atoms with E-state index in [1.807, 2.05) is 24.3 Å².